The average Bonchev–Trinajstić information content (AvgIpc) is 3.28. The van der Waals surface area contributed by atoms with Gasteiger partial charge < -0.3 is 19.3 Å². The van der Waals surface area contributed by atoms with Gasteiger partial charge in [-0.15, -0.1) is 0 Å². The molecule has 0 saturated carbocycles. The molecular formula is C47H84N2O12S. The van der Waals surface area contributed by atoms with Gasteiger partial charge in [-0.1, -0.05) is 175 Å². The van der Waals surface area contributed by atoms with E-state index in [1.165, 1.54) is 103 Å². The molecule has 2 rings (SSSR count). The van der Waals surface area contributed by atoms with Crippen LogP contribution in [0.2, 0.25) is 0 Å². The largest absolute Gasteiger partial charge is 0.490 e. The number of nitrogens with one attached hydrogen (secondary N) is 1. The highest BCUT2D eigenvalue weighted by molar-refractivity contribution is 7.80. The standard InChI is InChI=1S/C47H84N2O12S/c1-4-7-10-13-16-19-20-21-22-25-28-31-39(51)43-45(44(61-62(53,54)55)42(37-50)58-47(43)59-48)60-49-46(52)38-32-33-40(56-34-29-26-23-17-14-11-8-5-2)41(36-38)57-35-30-27-24-18-15-12-9-6-3/h32-33,36,42-45,47,50H,4-31,34-35,37,48H2,1-3H3,(H,49,52)(H,53,54,55)/t42-,43-,44-,45-,47?/m1/s1/i/hD. The van der Waals surface area contributed by atoms with Crippen molar-refractivity contribution in [2.45, 2.75) is 225 Å². The molecule has 5 atom stereocenters. The number of aliphatic hydroxyl groups excluding tert-OH is 1. The third-order valence-corrected chi connectivity index (χ3v) is 12.1. The number of hydroxylamine groups is 1. The van der Waals surface area contributed by atoms with Crippen LogP contribution < -0.4 is 20.9 Å². The van der Waals surface area contributed by atoms with Gasteiger partial charge in [0.25, 0.3) is 5.91 Å². The number of carbonyl (C=O) groups is 2. The Kier molecular flexibility index (Phi) is 30.4. The lowest BCUT2D eigenvalue weighted by Crippen LogP contribution is -2.62. The van der Waals surface area contributed by atoms with Crippen molar-refractivity contribution < 1.29 is 55.7 Å². The topological polar surface area (TPSA) is 202 Å². The van der Waals surface area contributed by atoms with E-state index >= 15 is 0 Å². The molecule has 14 nitrogen and oxygen atoms in total. The summed E-state index contributed by atoms with van der Waals surface area (Å²) in [6.07, 6.45) is 24.1. The normalized spacial score (nSPS) is 19.3. The highest BCUT2D eigenvalue weighted by atomic mass is 32.3. The molecule has 5 N–H and O–H groups in total. The van der Waals surface area contributed by atoms with Gasteiger partial charge in [0.2, 0.25) is 1.43 Å². The van der Waals surface area contributed by atoms with Gasteiger partial charge in [0.05, 0.1) is 19.8 Å². The number of benzene rings is 1. The van der Waals surface area contributed by atoms with Gasteiger partial charge >= 0.3 is 10.4 Å². The fourth-order valence-corrected chi connectivity index (χ4v) is 8.43. The first-order chi connectivity index (χ1) is 30.7. The zero-order valence-electron chi connectivity index (χ0n) is 39.5. The maximum Gasteiger partial charge on any atom is 0.397 e. The van der Waals surface area contributed by atoms with Crippen LogP contribution in [0.15, 0.2) is 18.2 Å². The van der Waals surface area contributed by atoms with E-state index in [1.807, 2.05) is 0 Å². The first-order valence-corrected chi connectivity index (χ1v) is 25.6. The van der Waals surface area contributed by atoms with Crippen LogP contribution >= 0.6 is 0 Å². The highest BCUT2D eigenvalue weighted by Crippen LogP contribution is 2.34. The number of rotatable bonds is 41. The number of hydrogen-bond donors (Lipinski definition) is 4. The summed E-state index contributed by atoms with van der Waals surface area (Å²) in [7, 11) is -4.98. The second-order valence-corrected chi connectivity index (χ2v) is 17.9. The van der Waals surface area contributed by atoms with Crippen LogP contribution in [0, 0.1) is 5.92 Å². The van der Waals surface area contributed by atoms with Crippen LogP contribution in [0.4, 0.5) is 0 Å². The Morgan fingerprint density at radius 3 is 1.63 bits per heavy atom. The van der Waals surface area contributed by atoms with Gasteiger partial charge in [-0.25, -0.2) is 15.6 Å². The molecule has 360 valence electrons. The van der Waals surface area contributed by atoms with Crippen molar-refractivity contribution in [3.63, 3.8) is 0 Å². The monoisotopic (exact) mass is 902 g/mol. The maximum atomic E-state index is 13.9. The lowest BCUT2D eigenvalue weighted by Gasteiger charge is -2.43. The molecule has 62 heavy (non-hydrogen) atoms. The highest BCUT2D eigenvalue weighted by Gasteiger charge is 2.53. The minimum Gasteiger partial charge on any atom is -0.490 e. The molecule has 0 aromatic heterocycles. The van der Waals surface area contributed by atoms with Crippen LogP contribution in [0.3, 0.4) is 0 Å². The second-order valence-electron chi connectivity index (χ2n) is 16.9. The Labute approximate surface area is 375 Å². The Balaban J connectivity index is 2.18. The lowest BCUT2D eigenvalue weighted by atomic mass is 9.85. The van der Waals surface area contributed by atoms with Gasteiger partial charge in [-0.2, -0.15) is 8.42 Å². The summed E-state index contributed by atoms with van der Waals surface area (Å²) in [6.45, 7) is 6.75. The van der Waals surface area contributed by atoms with Crippen molar-refractivity contribution in [3.8, 4) is 11.5 Å². The fraction of sp³-hybridized carbons (Fsp3) is 0.830. The predicted molar refractivity (Wildman–Crippen MR) is 242 cm³/mol. The summed E-state index contributed by atoms with van der Waals surface area (Å²) in [6, 6.07) is 4.78. The van der Waals surface area contributed by atoms with Crippen molar-refractivity contribution in [2.75, 3.05) is 19.8 Å². The summed E-state index contributed by atoms with van der Waals surface area (Å²) in [4.78, 5) is 38.5. The molecule has 0 aliphatic carbocycles. The van der Waals surface area contributed by atoms with E-state index in [4.69, 9.17) is 35.4 Å². The third kappa shape index (κ3) is 24.1. The average molecular weight is 902 g/mol. The van der Waals surface area contributed by atoms with E-state index in [0.717, 1.165) is 64.2 Å². The molecule has 1 aliphatic rings. The van der Waals surface area contributed by atoms with Crippen LogP contribution in [0.5, 0.6) is 11.5 Å². The van der Waals surface area contributed by atoms with Gasteiger partial charge in [0.15, 0.2) is 17.8 Å². The van der Waals surface area contributed by atoms with E-state index < -0.39 is 59.2 Å². The first kappa shape index (κ1) is 54.0. The van der Waals surface area contributed by atoms with Crippen molar-refractivity contribution >= 4 is 22.1 Å². The van der Waals surface area contributed by atoms with Gasteiger partial charge in [0.1, 0.15) is 30.0 Å². The van der Waals surface area contributed by atoms with E-state index in [-0.39, 0.29) is 12.0 Å². The Bertz CT molecular complexity index is 1440. The van der Waals surface area contributed by atoms with Crippen LogP contribution in [-0.2, 0) is 33.8 Å². The minimum absolute atomic E-state index is 0.0525. The molecule has 1 unspecified atom stereocenters. The Morgan fingerprint density at radius 1 is 0.694 bits per heavy atom. The first-order valence-electron chi connectivity index (χ1n) is 24.6. The van der Waals surface area contributed by atoms with E-state index in [1.54, 1.807) is 18.2 Å². The summed E-state index contributed by atoms with van der Waals surface area (Å²) in [5.41, 5.74) is 2.48. The molecule has 1 fully saturated rings. The van der Waals surface area contributed by atoms with E-state index in [0.29, 0.717) is 31.1 Å². The Morgan fingerprint density at radius 2 is 1.16 bits per heavy atom. The molecule has 1 aromatic carbocycles. The van der Waals surface area contributed by atoms with E-state index in [9.17, 15) is 23.1 Å². The zero-order chi connectivity index (χ0) is 46.0. The molecule has 1 aromatic rings. The number of ether oxygens (including phenoxy) is 3. The van der Waals surface area contributed by atoms with Crippen LogP contribution in [0.25, 0.3) is 1.43 Å². The molecule has 0 bridgehead atoms. The second kappa shape index (κ2) is 35.0. The smallest absolute Gasteiger partial charge is 0.397 e. The van der Waals surface area contributed by atoms with Crippen LogP contribution in [0.1, 0.15) is 211 Å². The molecule has 0 spiro atoms. The Hall–Kier alpha value is -2.37. The van der Waals surface area contributed by atoms with Crippen molar-refractivity contribution in [1.29, 1.82) is 1.43 Å². The summed E-state index contributed by atoms with van der Waals surface area (Å²) < 4.78 is 58.8. The number of amides is 1. The van der Waals surface area contributed by atoms with E-state index in [2.05, 4.69) is 30.8 Å². The predicted octanol–water partition coefficient (Wildman–Crippen LogP) is 10.4. The number of ketones is 1. The molecular weight excluding hydrogens is 817 g/mol. The number of unbranched alkanes of at least 4 members (excludes halogenated alkanes) is 24. The number of carbonyl (C=O) groups excluding carboxylic acids is 2. The third-order valence-electron chi connectivity index (χ3n) is 11.6. The molecule has 1 heterocycles. The number of hydrogen-bond acceptors (Lipinski definition) is 13. The van der Waals surface area contributed by atoms with Crippen molar-refractivity contribution in [1.82, 2.24) is 5.48 Å². The molecule has 0 radical (unpaired) electrons. The minimum atomic E-state index is -4.98. The number of aliphatic hydroxyl groups is 1. The fourth-order valence-electron chi connectivity index (χ4n) is 7.93. The van der Waals surface area contributed by atoms with Crippen LogP contribution in [-0.4, -0.2) is 74.2 Å². The molecule has 15 heteroatoms. The summed E-state index contributed by atoms with van der Waals surface area (Å²) >= 11 is 0. The van der Waals surface area contributed by atoms with Gasteiger partial charge in [0, 0.05) is 12.0 Å². The molecule has 1 aliphatic heterocycles. The lowest BCUT2D eigenvalue weighted by molar-refractivity contribution is -0.289. The number of nitrogens with two attached hydrogens (primary N) is 1. The van der Waals surface area contributed by atoms with Gasteiger partial charge in [-0.05, 0) is 37.5 Å². The number of Topliss-reactive ketones (excluding diaryl/α,β-unsaturated/α-hetero) is 1. The quantitative estimate of drug-likeness (QED) is 0.0275. The summed E-state index contributed by atoms with van der Waals surface area (Å²) in [5, 5.41) is 10.2. The zero-order valence-corrected chi connectivity index (χ0v) is 39.3. The molecule has 1 saturated heterocycles. The SMILES string of the molecule is [2H]OS(=O)(=O)O[C@H]1[C@H](ONC(=O)c2ccc(OCCCCCCCCCC)c(OCCCCCCCCCC)c2)[C@@H](C(=O)CCCCCCCCCCCCC)C(ON)O[C@@H]1CO. The van der Waals surface area contributed by atoms with Crippen molar-refractivity contribution in [3.05, 3.63) is 23.8 Å². The summed E-state index contributed by atoms with van der Waals surface area (Å²) in [5.74, 6) is 3.90. The molecule has 1 amide bonds. The van der Waals surface area contributed by atoms with Gasteiger partial charge in [-0.3, -0.25) is 23.8 Å². The maximum absolute atomic E-state index is 13.9. The van der Waals surface area contributed by atoms with Crippen molar-refractivity contribution in [2.24, 2.45) is 11.8 Å².